The van der Waals surface area contributed by atoms with Crippen LogP contribution in [-0.4, -0.2) is 19.9 Å². The SMILES string of the molecule is c1nc2ncc(-c3ccc(C4CC4)cn3)nc2s1. The van der Waals surface area contributed by atoms with Gasteiger partial charge in [-0.3, -0.25) is 4.98 Å². The topological polar surface area (TPSA) is 51.6 Å². The predicted molar refractivity (Wildman–Crippen MR) is 70.4 cm³/mol. The molecule has 0 N–H and O–H groups in total. The molecule has 1 saturated carbocycles. The lowest BCUT2D eigenvalue weighted by atomic mass is 10.1. The highest BCUT2D eigenvalue weighted by Crippen LogP contribution is 2.39. The summed E-state index contributed by atoms with van der Waals surface area (Å²) in [4.78, 5) is 18.3. The highest BCUT2D eigenvalue weighted by Gasteiger charge is 2.23. The number of rotatable bonds is 2. The van der Waals surface area contributed by atoms with Crippen molar-refractivity contribution >= 4 is 21.8 Å². The molecule has 88 valence electrons. The van der Waals surface area contributed by atoms with E-state index in [1.807, 2.05) is 12.3 Å². The van der Waals surface area contributed by atoms with Crippen molar-refractivity contribution in [2.75, 3.05) is 0 Å². The molecule has 3 aromatic heterocycles. The van der Waals surface area contributed by atoms with Gasteiger partial charge in [-0.15, -0.1) is 11.3 Å². The van der Waals surface area contributed by atoms with E-state index in [0.717, 1.165) is 22.1 Å². The smallest absolute Gasteiger partial charge is 0.189 e. The fourth-order valence-corrected chi connectivity index (χ4v) is 2.61. The molecule has 4 nitrogen and oxygen atoms in total. The molecule has 0 radical (unpaired) electrons. The van der Waals surface area contributed by atoms with Crippen molar-refractivity contribution in [1.29, 1.82) is 0 Å². The van der Waals surface area contributed by atoms with Gasteiger partial charge in [0.05, 0.1) is 17.4 Å². The molecule has 18 heavy (non-hydrogen) atoms. The zero-order valence-corrected chi connectivity index (χ0v) is 10.4. The minimum atomic E-state index is 0.707. The average Bonchev–Trinajstić information content (AvgIpc) is 3.17. The van der Waals surface area contributed by atoms with Crippen molar-refractivity contribution in [2.24, 2.45) is 0 Å². The summed E-state index contributed by atoms with van der Waals surface area (Å²) in [5.74, 6) is 0.738. The average molecular weight is 254 g/mol. The van der Waals surface area contributed by atoms with Gasteiger partial charge in [0.15, 0.2) is 10.5 Å². The Hall–Kier alpha value is -1.88. The lowest BCUT2D eigenvalue weighted by molar-refractivity contribution is 1.09. The van der Waals surface area contributed by atoms with Gasteiger partial charge in [0.2, 0.25) is 0 Å². The first-order valence-corrected chi connectivity index (χ1v) is 6.81. The van der Waals surface area contributed by atoms with Crippen LogP contribution >= 0.6 is 11.3 Å². The van der Waals surface area contributed by atoms with E-state index in [4.69, 9.17) is 0 Å². The van der Waals surface area contributed by atoms with Crippen LogP contribution in [0.15, 0.2) is 30.0 Å². The van der Waals surface area contributed by atoms with E-state index in [2.05, 4.69) is 26.0 Å². The monoisotopic (exact) mass is 254 g/mol. The minimum Gasteiger partial charge on any atom is -0.254 e. The van der Waals surface area contributed by atoms with Crippen LogP contribution in [0.25, 0.3) is 21.9 Å². The fourth-order valence-electron chi connectivity index (χ4n) is 2.00. The van der Waals surface area contributed by atoms with E-state index in [1.165, 1.54) is 29.7 Å². The van der Waals surface area contributed by atoms with Crippen molar-refractivity contribution in [1.82, 2.24) is 19.9 Å². The van der Waals surface area contributed by atoms with E-state index in [0.29, 0.717) is 5.65 Å². The maximum Gasteiger partial charge on any atom is 0.189 e. The predicted octanol–water partition coefficient (Wildman–Crippen LogP) is 3.03. The summed E-state index contributed by atoms with van der Waals surface area (Å²) in [6.45, 7) is 0. The number of fused-ring (bicyclic) bond motifs is 1. The quantitative estimate of drug-likeness (QED) is 0.705. The summed E-state index contributed by atoms with van der Waals surface area (Å²) < 4.78 is 0. The number of aromatic nitrogens is 4. The third kappa shape index (κ3) is 1.67. The first-order chi connectivity index (χ1) is 8.90. The van der Waals surface area contributed by atoms with E-state index in [1.54, 1.807) is 11.7 Å². The van der Waals surface area contributed by atoms with Gasteiger partial charge in [0, 0.05) is 6.20 Å². The van der Waals surface area contributed by atoms with E-state index in [-0.39, 0.29) is 0 Å². The van der Waals surface area contributed by atoms with Gasteiger partial charge in [-0.1, -0.05) is 6.07 Å². The van der Waals surface area contributed by atoms with Gasteiger partial charge in [-0.05, 0) is 30.4 Å². The molecular weight excluding hydrogens is 244 g/mol. The van der Waals surface area contributed by atoms with Gasteiger partial charge in [0.1, 0.15) is 5.69 Å². The van der Waals surface area contributed by atoms with E-state index >= 15 is 0 Å². The molecule has 0 aromatic carbocycles. The third-order valence-electron chi connectivity index (χ3n) is 3.16. The molecular formula is C13H10N4S. The Morgan fingerprint density at radius 1 is 1.00 bits per heavy atom. The summed E-state index contributed by atoms with van der Waals surface area (Å²) in [5.41, 5.74) is 5.50. The molecule has 0 unspecified atom stereocenters. The number of thiazole rings is 1. The van der Waals surface area contributed by atoms with Gasteiger partial charge >= 0.3 is 0 Å². The molecule has 5 heteroatoms. The van der Waals surface area contributed by atoms with Crippen molar-refractivity contribution in [2.45, 2.75) is 18.8 Å². The molecule has 4 rings (SSSR count). The van der Waals surface area contributed by atoms with Crippen LogP contribution in [0.3, 0.4) is 0 Å². The Morgan fingerprint density at radius 3 is 2.72 bits per heavy atom. The molecule has 0 bridgehead atoms. The van der Waals surface area contributed by atoms with Crippen LogP contribution in [0.4, 0.5) is 0 Å². The number of hydrogen-bond acceptors (Lipinski definition) is 5. The van der Waals surface area contributed by atoms with Gasteiger partial charge in [-0.2, -0.15) is 0 Å². The van der Waals surface area contributed by atoms with Crippen LogP contribution in [0.1, 0.15) is 24.3 Å². The first kappa shape index (κ1) is 10.1. The normalized spacial score (nSPS) is 15.1. The Kier molecular flexibility index (Phi) is 2.14. The van der Waals surface area contributed by atoms with Crippen LogP contribution in [-0.2, 0) is 0 Å². The molecule has 0 amide bonds. The van der Waals surface area contributed by atoms with Crippen LogP contribution in [0, 0.1) is 0 Å². The summed E-state index contributed by atoms with van der Waals surface area (Å²) >= 11 is 1.50. The van der Waals surface area contributed by atoms with Crippen LogP contribution in [0.2, 0.25) is 0 Å². The molecule has 0 atom stereocenters. The summed E-state index contributed by atoms with van der Waals surface area (Å²) in [7, 11) is 0. The molecule has 1 aliphatic carbocycles. The van der Waals surface area contributed by atoms with Gasteiger partial charge in [-0.25, -0.2) is 15.0 Å². The zero-order chi connectivity index (χ0) is 11.9. The van der Waals surface area contributed by atoms with Gasteiger partial charge < -0.3 is 0 Å². The second-order valence-corrected chi connectivity index (χ2v) is 5.32. The Morgan fingerprint density at radius 2 is 1.94 bits per heavy atom. The molecule has 1 aliphatic rings. The maximum absolute atomic E-state index is 4.53. The maximum atomic E-state index is 4.53. The molecule has 0 saturated heterocycles. The third-order valence-corrected chi connectivity index (χ3v) is 3.87. The Bertz CT molecular complexity index is 700. The molecule has 3 aromatic rings. The van der Waals surface area contributed by atoms with Crippen molar-refractivity contribution < 1.29 is 0 Å². The van der Waals surface area contributed by atoms with Crippen molar-refractivity contribution in [3.05, 3.63) is 35.6 Å². The molecule has 3 heterocycles. The second kappa shape index (κ2) is 3.81. The van der Waals surface area contributed by atoms with Crippen LogP contribution in [0.5, 0.6) is 0 Å². The first-order valence-electron chi connectivity index (χ1n) is 5.93. The Labute approximate surface area is 108 Å². The molecule has 0 spiro atoms. The van der Waals surface area contributed by atoms with Gasteiger partial charge in [0.25, 0.3) is 0 Å². The highest BCUT2D eigenvalue weighted by molar-refractivity contribution is 7.16. The lowest BCUT2D eigenvalue weighted by Gasteiger charge is -2.01. The molecule has 0 aliphatic heterocycles. The zero-order valence-electron chi connectivity index (χ0n) is 9.58. The summed E-state index contributed by atoms with van der Waals surface area (Å²) in [6, 6.07) is 4.18. The largest absolute Gasteiger partial charge is 0.254 e. The number of pyridine rings is 1. The van der Waals surface area contributed by atoms with Crippen molar-refractivity contribution in [3.63, 3.8) is 0 Å². The fraction of sp³-hybridized carbons (Fsp3) is 0.231. The number of nitrogens with zero attached hydrogens (tertiary/aromatic N) is 4. The molecule has 1 fully saturated rings. The minimum absolute atomic E-state index is 0.707. The summed E-state index contributed by atoms with van der Waals surface area (Å²) in [6.07, 6.45) is 6.30. The van der Waals surface area contributed by atoms with E-state index < -0.39 is 0 Å². The lowest BCUT2D eigenvalue weighted by Crippen LogP contribution is -1.90. The second-order valence-electron chi connectivity index (χ2n) is 4.49. The van der Waals surface area contributed by atoms with Crippen molar-refractivity contribution in [3.8, 4) is 11.4 Å². The number of hydrogen-bond donors (Lipinski definition) is 0. The van der Waals surface area contributed by atoms with E-state index in [9.17, 15) is 0 Å². The van der Waals surface area contributed by atoms with Crippen LogP contribution < -0.4 is 0 Å². The highest BCUT2D eigenvalue weighted by atomic mass is 32.1. The Balaban J connectivity index is 1.75. The summed E-state index contributed by atoms with van der Waals surface area (Å²) in [5, 5.41) is 0. The standard InChI is InChI=1S/C13H10N4S/c1-2-8(1)9-3-4-10(14-5-9)11-6-15-12-13(17-11)18-7-16-12/h3-8H,1-2H2.